The van der Waals surface area contributed by atoms with Crippen molar-refractivity contribution in [3.63, 3.8) is 0 Å². The van der Waals surface area contributed by atoms with E-state index in [0.29, 0.717) is 0 Å². The van der Waals surface area contributed by atoms with Crippen LogP contribution in [0.15, 0.2) is 17.1 Å². The number of aliphatic hydroxyl groups is 2. The fourth-order valence-electron chi connectivity index (χ4n) is 1.90. The van der Waals surface area contributed by atoms with E-state index < -0.39 is 30.2 Å². The van der Waals surface area contributed by atoms with Crippen LogP contribution in [-0.2, 0) is 4.74 Å². The van der Waals surface area contributed by atoms with Crippen molar-refractivity contribution < 1.29 is 14.9 Å². The lowest BCUT2D eigenvalue weighted by molar-refractivity contribution is -0.0624. The topological polar surface area (TPSA) is 111 Å². The standard InChI is InChI=1S/C11H13N3O4/c1-2-11(17)5-9(18-7(11)6-15)14-4-3-8(12)13-10(14)16/h1,3-4,7,9,15,17H,5-6H2,(H2,12,13,16)/t7-,9-,11+/m1/s1. The Balaban J connectivity index is 2.33. The predicted molar refractivity (Wildman–Crippen MR) is 62.3 cm³/mol. The third-order valence-electron chi connectivity index (χ3n) is 2.92. The molecule has 2 heterocycles. The normalized spacial score (nSPS) is 31.2. The number of nitrogens with zero attached hydrogens (tertiary/aromatic N) is 2. The van der Waals surface area contributed by atoms with Crippen molar-refractivity contribution in [2.24, 2.45) is 0 Å². The number of rotatable bonds is 2. The second-order valence-corrected chi connectivity index (χ2v) is 4.08. The summed E-state index contributed by atoms with van der Waals surface area (Å²) in [6.45, 7) is -0.436. The fraction of sp³-hybridized carbons (Fsp3) is 0.455. The van der Waals surface area contributed by atoms with Gasteiger partial charge in [0.2, 0.25) is 0 Å². The van der Waals surface area contributed by atoms with Crippen LogP contribution in [0.4, 0.5) is 5.82 Å². The summed E-state index contributed by atoms with van der Waals surface area (Å²) in [5.41, 5.74) is 3.18. The summed E-state index contributed by atoms with van der Waals surface area (Å²) in [5.74, 6) is 2.28. The lowest BCUT2D eigenvalue weighted by Gasteiger charge is -2.19. The van der Waals surface area contributed by atoms with E-state index >= 15 is 0 Å². The van der Waals surface area contributed by atoms with Gasteiger partial charge in [0.25, 0.3) is 0 Å². The van der Waals surface area contributed by atoms with Gasteiger partial charge in [-0.2, -0.15) is 4.98 Å². The minimum Gasteiger partial charge on any atom is -0.394 e. The maximum absolute atomic E-state index is 11.6. The number of aromatic nitrogens is 2. The van der Waals surface area contributed by atoms with Crippen LogP contribution >= 0.6 is 0 Å². The molecule has 7 nitrogen and oxygen atoms in total. The van der Waals surface area contributed by atoms with E-state index in [0.717, 1.165) is 0 Å². The number of terminal acetylenes is 1. The van der Waals surface area contributed by atoms with Gasteiger partial charge in [-0.1, -0.05) is 5.92 Å². The molecular formula is C11H13N3O4. The molecule has 0 radical (unpaired) electrons. The van der Waals surface area contributed by atoms with Crippen molar-refractivity contribution in [2.75, 3.05) is 12.3 Å². The van der Waals surface area contributed by atoms with Crippen LogP contribution in [0.3, 0.4) is 0 Å². The van der Waals surface area contributed by atoms with Crippen molar-refractivity contribution in [3.8, 4) is 12.3 Å². The van der Waals surface area contributed by atoms with E-state index in [1.54, 1.807) is 0 Å². The van der Waals surface area contributed by atoms with Crippen molar-refractivity contribution >= 4 is 5.82 Å². The molecule has 7 heteroatoms. The van der Waals surface area contributed by atoms with Gasteiger partial charge >= 0.3 is 5.69 Å². The molecule has 1 aromatic heterocycles. The highest BCUT2D eigenvalue weighted by Crippen LogP contribution is 2.35. The lowest BCUT2D eigenvalue weighted by atomic mass is 9.96. The summed E-state index contributed by atoms with van der Waals surface area (Å²) in [7, 11) is 0. The summed E-state index contributed by atoms with van der Waals surface area (Å²) in [6, 6.07) is 1.44. The summed E-state index contributed by atoms with van der Waals surface area (Å²) >= 11 is 0. The molecule has 0 aromatic carbocycles. The summed E-state index contributed by atoms with van der Waals surface area (Å²) in [6.07, 6.45) is 4.92. The molecular weight excluding hydrogens is 238 g/mol. The van der Waals surface area contributed by atoms with Gasteiger partial charge in [-0.3, -0.25) is 4.57 Å². The third kappa shape index (κ3) is 1.97. The Morgan fingerprint density at radius 1 is 1.78 bits per heavy atom. The van der Waals surface area contributed by atoms with E-state index in [-0.39, 0.29) is 12.2 Å². The van der Waals surface area contributed by atoms with Gasteiger partial charge in [0.15, 0.2) is 5.60 Å². The predicted octanol–water partition coefficient (Wildman–Crippen LogP) is -1.53. The van der Waals surface area contributed by atoms with Crippen LogP contribution in [0.5, 0.6) is 0 Å². The molecule has 4 N–H and O–H groups in total. The zero-order valence-corrected chi connectivity index (χ0v) is 9.48. The van der Waals surface area contributed by atoms with Gasteiger partial charge in [-0.05, 0) is 6.07 Å². The number of aliphatic hydroxyl groups excluding tert-OH is 1. The highest BCUT2D eigenvalue weighted by Gasteiger charge is 2.46. The Kier molecular flexibility index (Phi) is 3.09. The minimum absolute atomic E-state index is 0.000230. The van der Waals surface area contributed by atoms with Gasteiger partial charge in [0.1, 0.15) is 18.1 Å². The van der Waals surface area contributed by atoms with Crippen molar-refractivity contribution in [1.82, 2.24) is 9.55 Å². The van der Waals surface area contributed by atoms with Crippen LogP contribution in [0.25, 0.3) is 0 Å². The molecule has 1 aromatic rings. The van der Waals surface area contributed by atoms with E-state index in [1.165, 1.54) is 16.8 Å². The maximum atomic E-state index is 11.6. The third-order valence-corrected chi connectivity index (χ3v) is 2.92. The number of ether oxygens (including phenoxy) is 1. The first-order valence-electron chi connectivity index (χ1n) is 5.31. The van der Waals surface area contributed by atoms with Crippen LogP contribution in [0, 0.1) is 12.3 Å². The maximum Gasteiger partial charge on any atom is 0.351 e. The van der Waals surface area contributed by atoms with E-state index in [9.17, 15) is 9.90 Å². The van der Waals surface area contributed by atoms with E-state index in [4.69, 9.17) is 22.0 Å². The molecule has 2 rings (SSSR count). The Labute approximate surface area is 103 Å². The quantitative estimate of drug-likeness (QED) is 0.550. The average Bonchev–Trinajstić information content (AvgIpc) is 2.67. The average molecular weight is 251 g/mol. The Morgan fingerprint density at radius 3 is 3.00 bits per heavy atom. The molecule has 0 saturated carbocycles. The zero-order chi connectivity index (χ0) is 13.3. The summed E-state index contributed by atoms with van der Waals surface area (Å²) in [5, 5.41) is 19.2. The number of nitrogen functional groups attached to an aromatic ring is 1. The monoisotopic (exact) mass is 251 g/mol. The molecule has 0 spiro atoms. The van der Waals surface area contributed by atoms with Gasteiger partial charge in [0.05, 0.1) is 6.61 Å². The molecule has 0 amide bonds. The number of nitrogens with two attached hydrogens (primary N) is 1. The summed E-state index contributed by atoms with van der Waals surface area (Å²) in [4.78, 5) is 15.2. The SMILES string of the molecule is C#C[C@]1(O)C[C@H](n2ccc(N)nc2=O)O[C@@H]1CO. The Bertz CT molecular complexity index is 550. The second-order valence-electron chi connectivity index (χ2n) is 4.08. The molecule has 0 aliphatic carbocycles. The zero-order valence-electron chi connectivity index (χ0n) is 9.48. The first kappa shape index (κ1) is 12.6. The van der Waals surface area contributed by atoms with E-state index in [2.05, 4.69) is 10.9 Å². The molecule has 1 fully saturated rings. The highest BCUT2D eigenvalue weighted by molar-refractivity contribution is 5.24. The Hall–Kier alpha value is -1.88. The number of hydrogen-bond acceptors (Lipinski definition) is 6. The van der Waals surface area contributed by atoms with Crippen LogP contribution in [0.2, 0.25) is 0 Å². The molecule has 0 unspecified atom stereocenters. The smallest absolute Gasteiger partial charge is 0.351 e. The molecule has 96 valence electrons. The number of hydrogen-bond donors (Lipinski definition) is 3. The van der Waals surface area contributed by atoms with Gasteiger partial charge in [-0.15, -0.1) is 6.42 Å². The first-order valence-corrected chi connectivity index (χ1v) is 5.31. The van der Waals surface area contributed by atoms with Crippen LogP contribution in [-0.4, -0.2) is 38.1 Å². The van der Waals surface area contributed by atoms with Gasteiger partial charge in [-0.25, -0.2) is 4.79 Å². The molecule has 1 saturated heterocycles. The lowest BCUT2D eigenvalue weighted by Crippen LogP contribution is -2.38. The first-order chi connectivity index (χ1) is 8.50. The number of anilines is 1. The van der Waals surface area contributed by atoms with Gasteiger partial charge in [0, 0.05) is 12.6 Å². The van der Waals surface area contributed by atoms with E-state index in [1.807, 2.05) is 0 Å². The van der Waals surface area contributed by atoms with Crippen molar-refractivity contribution in [3.05, 3.63) is 22.7 Å². The fourth-order valence-corrected chi connectivity index (χ4v) is 1.90. The molecule has 3 atom stereocenters. The van der Waals surface area contributed by atoms with Crippen LogP contribution < -0.4 is 11.4 Å². The molecule has 1 aliphatic heterocycles. The van der Waals surface area contributed by atoms with Crippen molar-refractivity contribution in [2.45, 2.75) is 24.4 Å². The molecule has 1 aliphatic rings. The second kappa shape index (κ2) is 4.42. The minimum atomic E-state index is -1.60. The molecule has 18 heavy (non-hydrogen) atoms. The highest BCUT2D eigenvalue weighted by atomic mass is 16.5. The largest absolute Gasteiger partial charge is 0.394 e. The van der Waals surface area contributed by atoms with Crippen molar-refractivity contribution in [1.29, 1.82) is 0 Å². The summed E-state index contributed by atoms with van der Waals surface area (Å²) < 4.78 is 6.54. The molecule has 0 bridgehead atoms. The van der Waals surface area contributed by atoms with Gasteiger partial charge < -0.3 is 20.7 Å². The Morgan fingerprint density at radius 2 is 2.50 bits per heavy atom. The van der Waals surface area contributed by atoms with Crippen LogP contribution in [0.1, 0.15) is 12.6 Å².